The van der Waals surface area contributed by atoms with Crippen LogP contribution in [-0.2, 0) is 25.7 Å². The van der Waals surface area contributed by atoms with Gasteiger partial charge in [0.2, 0.25) is 11.8 Å². The highest BCUT2D eigenvalue weighted by atomic mass is 79.9. The van der Waals surface area contributed by atoms with E-state index in [0.717, 1.165) is 20.8 Å². The lowest BCUT2D eigenvalue weighted by Crippen LogP contribution is -2.59. The summed E-state index contributed by atoms with van der Waals surface area (Å²) in [7, 11) is 4.81. The van der Waals surface area contributed by atoms with Crippen molar-refractivity contribution >= 4 is 68.2 Å². The minimum absolute atomic E-state index is 0. The van der Waals surface area contributed by atoms with Gasteiger partial charge >= 0.3 is 0 Å². The number of rotatable bonds is 9. The normalized spacial score (nSPS) is 17.4. The van der Waals surface area contributed by atoms with Crippen molar-refractivity contribution in [3.05, 3.63) is 64.6 Å². The van der Waals surface area contributed by atoms with E-state index < -0.39 is 18.1 Å². The SMILES string of the molecule is CN[C@@H](C)C(=O)N[C@@H]1C(=O)N(Cc2c(OC)ccc3cc(Br)ccc23)c2ccccc2N(C(=O)CCOC)[C@H]1C.Cl. The van der Waals surface area contributed by atoms with Gasteiger partial charge in [0, 0.05) is 17.1 Å². The van der Waals surface area contributed by atoms with Crippen molar-refractivity contribution in [2.75, 3.05) is 37.7 Å². The third-order valence-corrected chi connectivity index (χ3v) is 7.85. The second-order valence-electron chi connectivity index (χ2n) is 9.77. The first-order valence-corrected chi connectivity index (χ1v) is 13.9. The first-order valence-electron chi connectivity index (χ1n) is 13.2. The van der Waals surface area contributed by atoms with Crippen molar-refractivity contribution in [3.8, 4) is 5.75 Å². The fraction of sp³-hybridized carbons (Fsp3) is 0.367. The van der Waals surface area contributed by atoms with Crippen molar-refractivity contribution in [2.24, 2.45) is 0 Å². The van der Waals surface area contributed by atoms with E-state index in [2.05, 4.69) is 26.6 Å². The number of halogens is 2. The van der Waals surface area contributed by atoms with Crippen molar-refractivity contribution in [1.82, 2.24) is 10.6 Å². The van der Waals surface area contributed by atoms with E-state index in [1.54, 1.807) is 37.8 Å². The van der Waals surface area contributed by atoms with Crippen LogP contribution in [0.1, 0.15) is 25.8 Å². The zero-order valence-electron chi connectivity index (χ0n) is 23.8. The third kappa shape index (κ3) is 6.67. The molecule has 0 unspecified atom stereocenters. The second kappa shape index (κ2) is 14.1. The number of hydrogen-bond donors (Lipinski definition) is 2. The predicted molar refractivity (Wildman–Crippen MR) is 167 cm³/mol. The topological polar surface area (TPSA) is 100 Å². The van der Waals surface area contributed by atoms with Gasteiger partial charge < -0.3 is 29.9 Å². The van der Waals surface area contributed by atoms with Crippen molar-refractivity contribution in [1.29, 1.82) is 0 Å². The predicted octanol–water partition coefficient (Wildman–Crippen LogP) is 4.43. The Hall–Kier alpha value is -3.18. The molecule has 1 aliphatic heterocycles. The number of nitrogens with one attached hydrogen (secondary N) is 2. The van der Waals surface area contributed by atoms with E-state index in [-0.39, 0.29) is 49.7 Å². The molecule has 0 aromatic heterocycles. The van der Waals surface area contributed by atoms with E-state index in [0.29, 0.717) is 17.1 Å². The number of para-hydroxylation sites is 2. The monoisotopic (exact) mass is 646 g/mol. The van der Waals surface area contributed by atoms with Gasteiger partial charge in [0.25, 0.3) is 5.91 Å². The minimum atomic E-state index is -1.00. The number of nitrogens with zero attached hydrogens (tertiary/aromatic N) is 2. The molecule has 0 radical (unpaired) electrons. The van der Waals surface area contributed by atoms with Gasteiger partial charge in [0.15, 0.2) is 0 Å². The molecule has 1 heterocycles. The summed E-state index contributed by atoms with van der Waals surface area (Å²) < 4.78 is 11.8. The fourth-order valence-electron chi connectivity index (χ4n) is 5.04. The molecule has 0 saturated heterocycles. The van der Waals surface area contributed by atoms with Crippen LogP contribution >= 0.6 is 28.3 Å². The number of ether oxygens (including phenoxy) is 2. The van der Waals surface area contributed by atoms with E-state index in [1.165, 1.54) is 7.11 Å². The molecule has 3 atom stereocenters. The number of fused-ring (bicyclic) bond motifs is 2. The maximum Gasteiger partial charge on any atom is 0.252 e. The lowest BCUT2D eigenvalue weighted by molar-refractivity contribution is -0.129. The van der Waals surface area contributed by atoms with Crippen LogP contribution in [0.4, 0.5) is 11.4 Å². The molecule has 0 aliphatic carbocycles. The highest BCUT2D eigenvalue weighted by Gasteiger charge is 2.42. The molecule has 11 heteroatoms. The number of likely N-dealkylation sites (N-methyl/N-ethyl adjacent to an activating group) is 1. The first-order chi connectivity index (χ1) is 19.2. The van der Waals surface area contributed by atoms with Crippen LogP contribution in [0.25, 0.3) is 10.8 Å². The summed E-state index contributed by atoms with van der Waals surface area (Å²) in [5, 5.41) is 7.75. The van der Waals surface area contributed by atoms with Gasteiger partial charge in [0.1, 0.15) is 11.8 Å². The lowest BCUT2D eigenvalue weighted by Gasteiger charge is -2.32. The molecule has 3 aromatic rings. The number of methoxy groups -OCH3 is 2. The molecule has 2 N–H and O–H groups in total. The Labute approximate surface area is 255 Å². The molecule has 4 rings (SSSR count). The van der Waals surface area contributed by atoms with Gasteiger partial charge in [0.05, 0.1) is 50.1 Å². The summed E-state index contributed by atoms with van der Waals surface area (Å²) in [5.74, 6) is -0.231. The van der Waals surface area contributed by atoms with Crippen LogP contribution in [0.5, 0.6) is 5.75 Å². The molecule has 3 aromatic carbocycles. The Bertz CT molecular complexity index is 1420. The molecule has 0 fully saturated rings. The Kier molecular flexibility index (Phi) is 11.1. The Morgan fingerprint density at radius 3 is 2.44 bits per heavy atom. The van der Waals surface area contributed by atoms with Gasteiger partial charge in [-0.3, -0.25) is 14.4 Å². The van der Waals surface area contributed by atoms with Crippen LogP contribution in [0, 0.1) is 0 Å². The summed E-state index contributed by atoms with van der Waals surface area (Å²) in [5.41, 5.74) is 1.97. The first kappa shape index (κ1) is 32.3. The number of amides is 3. The summed E-state index contributed by atoms with van der Waals surface area (Å²) in [6, 6.07) is 14.9. The van der Waals surface area contributed by atoms with Crippen LogP contribution in [-0.4, -0.2) is 63.7 Å². The molecule has 0 spiro atoms. The van der Waals surface area contributed by atoms with Crippen LogP contribution in [0.2, 0.25) is 0 Å². The number of carbonyl (C=O) groups is 3. The molecule has 0 saturated carbocycles. The maximum absolute atomic E-state index is 14.4. The number of anilines is 2. The summed E-state index contributed by atoms with van der Waals surface area (Å²) in [4.78, 5) is 44.3. The highest BCUT2D eigenvalue weighted by Crippen LogP contribution is 2.39. The Morgan fingerprint density at radius 1 is 1.07 bits per heavy atom. The summed E-state index contributed by atoms with van der Waals surface area (Å²) >= 11 is 3.54. The lowest BCUT2D eigenvalue weighted by atomic mass is 10.0. The van der Waals surface area contributed by atoms with Gasteiger partial charge in [-0.1, -0.05) is 40.2 Å². The Balaban J connectivity index is 0.00000462. The highest BCUT2D eigenvalue weighted by molar-refractivity contribution is 9.10. The van der Waals surface area contributed by atoms with Gasteiger partial charge in [-0.25, -0.2) is 0 Å². The van der Waals surface area contributed by atoms with Crippen LogP contribution < -0.4 is 25.2 Å². The van der Waals surface area contributed by atoms with E-state index in [1.807, 2.05) is 54.6 Å². The number of benzene rings is 3. The fourth-order valence-corrected chi connectivity index (χ4v) is 5.42. The molecule has 41 heavy (non-hydrogen) atoms. The van der Waals surface area contributed by atoms with Crippen LogP contribution in [0.15, 0.2) is 59.1 Å². The second-order valence-corrected chi connectivity index (χ2v) is 10.7. The summed E-state index contributed by atoms with van der Waals surface area (Å²) in [6.07, 6.45) is 0.128. The average molecular weight is 648 g/mol. The molecular weight excluding hydrogens is 612 g/mol. The van der Waals surface area contributed by atoms with E-state index >= 15 is 0 Å². The van der Waals surface area contributed by atoms with Gasteiger partial charge in [-0.2, -0.15) is 0 Å². The van der Waals surface area contributed by atoms with E-state index in [4.69, 9.17) is 9.47 Å². The van der Waals surface area contributed by atoms with E-state index in [9.17, 15) is 14.4 Å². The number of hydrogen-bond acceptors (Lipinski definition) is 6. The van der Waals surface area contributed by atoms with Gasteiger partial charge in [-0.15, -0.1) is 12.4 Å². The molecule has 0 bridgehead atoms. The van der Waals surface area contributed by atoms with Crippen molar-refractivity contribution in [3.63, 3.8) is 0 Å². The number of carbonyl (C=O) groups excluding carboxylic acids is 3. The largest absolute Gasteiger partial charge is 0.496 e. The van der Waals surface area contributed by atoms with Crippen molar-refractivity contribution in [2.45, 2.75) is 44.9 Å². The molecular formula is C30H36BrClN4O5. The molecule has 220 valence electrons. The van der Waals surface area contributed by atoms with Gasteiger partial charge in [-0.05, 0) is 62.0 Å². The quantitative estimate of drug-likeness (QED) is 0.357. The molecule has 1 aliphatic rings. The minimum Gasteiger partial charge on any atom is -0.496 e. The molecule has 3 amide bonds. The molecule has 9 nitrogen and oxygen atoms in total. The van der Waals surface area contributed by atoms with Crippen molar-refractivity contribution < 1.29 is 23.9 Å². The van der Waals surface area contributed by atoms with Crippen LogP contribution in [0.3, 0.4) is 0 Å². The zero-order chi connectivity index (χ0) is 29.0. The average Bonchev–Trinajstić information content (AvgIpc) is 3.04. The Morgan fingerprint density at radius 2 is 1.78 bits per heavy atom. The third-order valence-electron chi connectivity index (χ3n) is 7.35. The standard InChI is InChI=1S/C30H35BrN4O5.ClH/c1-18(32-3)29(37)33-28-19(2)35(27(36)14-15-39-4)25-9-7-6-8-24(25)34(30(28)38)17-23-22-12-11-21(31)16-20(22)10-13-26(23)40-5;/h6-13,16,18-19,28,32H,14-15,17H2,1-5H3,(H,33,37);1H/t18-,19-,28-;/m0./s1. The summed E-state index contributed by atoms with van der Waals surface area (Å²) in [6.45, 7) is 3.90. The smallest absolute Gasteiger partial charge is 0.252 e. The zero-order valence-corrected chi connectivity index (χ0v) is 26.2. The maximum atomic E-state index is 14.4.